The van der Waals surface area contributed by atoms with Gasteiger partial charge in [0, 0.05) is 42.0 Å². The van der Waals surface area contributed by atoms with Gasteiger partial charge in [-0.25, -0.2) is 0 Å². The van der Waals surface area contributed by atoms with Gasteiger partial charge < -0.3 is 5.73 Å². The van der Waals surface area contributed by atoms with Crippen molar-refractivity contribution in [2.24, 2.45) is 0 Å². The van der Waals surface area contributed by atoms with Crippen LogP contribution in [0, 0.1) is 0 Å². The van der Waals surface area contributed by atoms with E-state index in [2.05, 4.69) is 35.5 Å². The molecule has 2 unspecified atom stereocenters. The van der Waals surface area contributed by atoms with Crippen molar-refractivity contribution in [3.8, 4) is 0 Å². The lowest BCUT2D eigenvalue weighted by molar-refractivity contribution is 0.260. The molecule has 2 atom stereocenters. The number of nitrogens with zero attached hydrogens (tertiary/aromatic N) is 2. The van der Waals surface area contributed by atoms with E-state index < -0.39 is 0 Å². The molecule has 0 spiro atoms. The summed E-state index contributed by atoms with van der Waals surface area (Å²) in [6.07, 6.45) is 1.79. The summed E-state index contributed by atoms with van der Waals surface area (Å²) in [5.41, 5.74) is 7.63. The largest absolute Gasteiger partial charge is 0.399 e. The molecule has 1 fully saturated rings. The highest BCUT2D eigenvalue weighted by atomic mass is 32.2. The normalized spacial score (nSPS) is 26.9. The van der Waals surface area contributed by atoms with Gasteiger partial charge in [0.15, 0.2) is 0 Å². The van der Waals surface area contributed by atoms with Gasteiger partial charge in [0.1, 0.15) is 0 Å². The van der Waals surface area contributed by atoms with E-state index in [9.17, 15) is 0 Å². The number of nitrogen functional groups attached to an aromatic ring is 1. The Bertz CT molecular complexity index is 346. The van der Waals surface area contributed by atoms with Crippen LogP contribution >= 0.6 is 11.8 Å². The molecule has 1 aliphatic heterocycles. The maximum absolute atomic E-state index is 5.76. The lowest BCUT2D eigenvalue weighted by atomic mass is 10.2. The van der Waals surface area contributed by atoms with Gasteiger partial charge in [-0.3, -0.25) is 9.88 Å². The molecule has 0 saturated carbocycles. The van der Waals surface area contributed by atoms with E-state index in [0.717, 1.165) is 31.0 Å². The van der Waals surface area contributed by atoms with Crippen LogP contribution in [0.1, 0.15) is 19.5 Å². The Morgan fingerprint density at radius 3 is 2.75 bits per heavy atom. The van der Waals surface area contributed by atoms with Gasteiger partial charge in [0.05, 0.1) is 5.69 Å². The fourth-order valence-corrected chi connectivity index (χ4v) is 3.61. The van der Waals surface area contributed by atoms with Crippen molar-refractivity contribution in [3.63, 3.8) is 0 Å². The van der Waals surface area contributed by atoms with Gasteiger partial charge in [0.2, 0.25) is 0 Å². The molecule has 2 N–H and O–H groups in total. The summed E-state index contributed by atoms with van der Waals surface area (Å²) < 4.78 is 0. The Morgan fingerprint density at radius 1 is 1.44 bits per heavy atom. The Labute approximate surface area is 101 Å². The van der Waals surface area contributed by atoms with Crippen LogP contribution in [0.5, 0.6) is 0 Å². The number of thioether (sulfide) groups is 1. The molecule has 1 saturated heterocycles. The molecule has 0 amide bonds. The van der Waals surface area contributed by atoms with Crippen LogP contribution < -0.4 is 5.73 Å². The van der Waals surface area contributed by atoms with Crippen LogP contribution in [0.3, 0.4) is 0 Å². The molecule has 2 heterocycles. The van der Waals surface area contributed by atoms with Gasteiger partial charge in [-0.05, 0) is 12.1 Å². The number of nitrogens with two attached hydrogens (primary N) is 1. The average Bonchev–Trinajstić information content (AvgIpc) is 2.15. The monoisotopic (exact) mass is 237 g/mol. The van der Waals surface area contributed by atoms with Crippen molar-refractivity contribution in [2.75, 3.05) is 18.8 Å². The predicted molar refractivity (Wildman–Crippen MR) is 70.4 cm³/mol. The minimum atomic E-state index is 0.713. The van der Waals surface area contributed by atoms with Crippen LogP contribution in [-0.4, -0.2) is 33.5 Å². The molecule has 4 heteroatoms. The zero-order valence-electron chi connectivity index (χ0n) is 9.89. The summed E-state index contributed by atoms with van der Waals surface area (Å²) in [5, 5.41) is 1.43. The summed E-state index contributed by atoms with van der Waals surface area (Å²) in [6.45, 7) is 7.79. The van der Waals surface area contributed by atoms with E-state index in [0.29, 0.717) is 10.5 Å². The molecule has 1 aromatic rings. The van der Waals surface area contributed by atoms with Gasteiger partial charge in [0.25, 0.3) is 0 Å². The first-order valence-corrected chi connectivity index (χ1v) is 6.66. The van der Waals surface area contributed by atoms with E-state index in [1.54, 1.807) is 6.20 Å². The van der Waals surface area contributed by atoms with Crippen LogP contribution in [0.2, 0.25) is 0 Å². The minimum Gasteiger partial charge on any atom is -0.399 e. The summed E-state index contributed by atoms with van der Waals surface area (Å²) >= 11 is 2.07. The predicted octanol–water partition coefficient (Wildman–Crippen LogP) is 1.99. The summed E-state index contributed by atoms with van der Waals surface area (Å²) in [7, 11) is 0. The third-order valence-electron chi connectivity index (χ3n) is 2.72. The third-order valence-corrected chi connectivity index (χ3v) is 3.95. The molecule has 1 aliphatic rings. The molecular weight excluding hydrogens is 218 g/mol. The average molecular weight is 237 g/mol. The van der Waals surface area contributed by atoms with Gasteiger partial charge >= 0.3 is 0 Å². The molecule has 0 aliphatic carbocycles. The molecule has 0 aromatic carbocycles. The molecule has 2 rings (SSSR count). The van der Waals surface area contributed by atoms with Crippen molar-refractivity contribution in [3.05, 3.63) is 24.0 Å². The van der Waals surface area contributed by atoms with Gasteiger partial charge in [-0.1, -0.05) is 13.8 Å². The number of aromatic nitrogens is 1. The Morgan fingerprint density at radius 2 is 2.12 bits per heavy atom. The second-order valence-electron chi connectivity index (χ2n) is 4.53. The van der Waals surface area contributed by atoms with Gasteiger partial charge in [-0.15, -0.1) is 0 Å². The molecule has 88 valence electrons. The summed E-state index contributed by atoms with van der Waals surface area (Å²) in [6, 6.07) is 3.80. The maximum atomic E-state index is 5.76. The van der Waals surface area contributed by atoms with E-state index in [1.807, 2.05) is 12.1 Å². The second-order valence-corrected chi connectivity index (χ2v) is 6.41. The molecule has 1 aromatic heterocycles. The molecule has 3 nitrogen and oxygen atoms in total. The summed E-state index contributed by atoms with van der Waals surface area (Å²) in [4.78, 5) is 6.82. The lowest BCUT2D eigenvalue weighted by Gasteiger charge is -2.34. The first kappa shape index (κ1) is 11.7. The second kappa shape index (κ2) is 5.06. The Hall–Kier alpha value is -0.740. The van der Waals surface area contributed by atoms with Crippen molar-refractivity contribution >= 4 is 17.4 Å². The van der Waals surface area contributed by atoms with E-state index in [1.165, 1.54) is 0 Å². The van der Waals surface area contributed by atoms with Crippen LogP contribution in [0.4, 0.5) is 5.69 Å². The fourth-order valence-electron chi connectivity index (χ4n) is 2.23. The molecule has 16 heavy (non-hydrogen) atoms. The lowest BCUT2D eigenvalue weighted by Crippen LogP contribution is -2.39. The highest BCUT2D eigenvalue weighted by Crippen LogP contribution is 2.25. The number of hydrogen-bond donors (Lipinski definition) is 1. The van der Waals surface area contributed by atoms with Crippen LogP contribution in [0.25, 0.3) is 0 Å². The maximum Gasteiger partial charge on any atom is 0.0564 e. The van der Waals surface area contributed by atoms with Crippen LogP contribution in [-0.2, 0) is 6.54 Å². The standard InChI is InChI=1S/C12H19N3S/c1-9-6-15(7-10(2)16-9)8-12-5-11(13)3-4-14-12/h3-5,9-10H,6-8H2,1-2H3,(H2,13,14). The topological polar surface area (TPSA) is 42.1 Å². The Balaban J connectivity index is 1.98. The van der Waals surface area contributed by atoms with Crippen molar-refractivity contribution in [1.29, 1.82) is 0 Å². The van der Waals surface area contributed by atoms with E-state index >= 15 is 0 Å². The van der Waals surface area contributed by atoms with Crippen molar-refractivity contribution < 1.29 is 0 Å². The zero-order valence-corrected chi connectivity index (χ0v) is 10.7. The molecular formula is C12H19N3S. The molecule has 0 bridgehead atoms. The number of hydrogen-bond acceptors (Lipinski definition) is 4. The Kier molecular flexibility index (Phi) is 3.71. The fraction of sp³-hybridized carbons (Fsp3) is 0.583. The smallest absolute Gasteiger partial charge is 0.0564 e. The van der Waals surface area contributed by atoms with Crippen LogP contribution in [0.15, 0.2) is 18.3 Å². The molecule has 0 radical (unpaired) electrons. The van der Waals surface area contributed by atoms with Gasteiger partial charge in [-0.2, -0.15) is 11.8 Å². The number of anilines is 1. The SMILES string of the molecule is CC1CN(Cc2cc(N)ccn2)CC(C)S1. The van der Waals surface area contributed by atoms with E-state index in [-0.39, 0.29) is 0 Å². The van der Waals surface area contributed by atoms with Crippen molar-refractivity contribution in [2.45, 2.75) is 30.9 Å². The summed E-state index contributed by atoms with van der Waals surface area (Å²) in [5.74, 6) is 0. The highest BCUT2D eigenvalue weighted by molar-refractivity contribution is 8.00. The third kappa shape index (κ3) is 3.12. The first-order valence-electron chi connectivity index (χ1n) is 5.71. The number of rotatable bonds is 2. The first-order chi connectivity index (χ1) is 7.63. The zero-order chi connectivity index (χ0) is 11.5. The highest BCUT2D eigenvalue weighted by Gasteiger charge is 2.22. The quantitative estimate of drug-likeness (QED) is 0.854. The number of pyridine rings is 1. The van der Waals surface area contributed by atoms with Crippen molar-refractivity contribution in [1.82, 2.24) is 9.88 Å². The minimum absolute atomic E-state index is 0.713. The van der Waals surface area contributed by atoms with E-state index in [4.69, 9.17) is 5.73 Å².